The Morgan fingerprint density at radius 1 is 0.522 bits per heavy atom. The molecular weight excluding hydrogens is 857 g/mol. The minimum atomic E-state index is -1.31. The van der Waals surface area contributed by atoms with Gasteiger partial charge in [-0.15, -0.1) is 0 Å². The Morgan fingerprint density at radius 3 is 1.39 bits per heavy atom. The van der Waals surface area contributed by atoms with Crippen LogP contribution < -0.4 is 26.6 Å². The molecule has 0 spiro atoms. The van der Waals surface area contributed by atoms with Gasteiger partial charge in [-0.05, 0) is 89.0 Å². The van der Waals surface area contributed by atoms with E-state index in [9.17, 15) is 38.7 Å². The lowest BCUT2D eigenvalue weighted by atomic mass is 9.98. The standard InChI is InChI=1S/C51H68N6O10/c1-31(2)25-37(53-46(61)40(56-48(64)66-50(5,6)7)29-35-30-57(49(65)67-51(8,9)10)42-24-18-17-23-36(35)42)43(58)54-39(27-33-19-13-11-14-20-33)45(60)52-38(26-32(3)4)44(59)55-41(47(62)63)28-34-21-15-12-16-22-34/h11-24,30-32,37-41H,25-29H2,1-10H3,(H,52,60)(H,53,61)(H,54,58)(H,55,59)(H,56,64)(H,62,63)/t37-,38-,39+,40+,41+/m1/s1. The van der Waals surface area contributed by atoms with Crippen LogP contribution in [0.15, 0.2) is 91.1 Å². The van der Waals surface area contributed by atoms with E-state index in [2.05, 4.69) is 26.6 Å². The number of fused-ring (bicyclic) bond motifs is 1. The Hall–Kier alpha value is -6.71. The van der Waals surface area contributed by atoms with E-state index < -0.39 is 83.2 Å². The summed E-state index contributed by atoms with van der Waals surface area (Å²) < 4.78 is 12.5. The van der Waals surface area contributed by atoms with Crippen molar-refractivity contribution in [1.82, 2.24) is 31.2 Å². The van der Waals surface area contributed by atoms with E-state index in [1.165, 1.54) is 4.57 Å². The van der Waals surface area contributed by atoms with Gasteiger partial charge in [0.15, 0.2) is 0 Å². The summed E-state index contributed by atoms with van der Waals surface area (Å²) in [6.07, 6.45) is 0.227. The van der Waals surface area contributed by atoms with E-state index in [1.54, 1.807) is 133 Å². The van der Waals surface area contributed by atoms with E-state index in [4.69, 9.17) is 9.47 Å². The fourth-order valence-corrected chi connectivity index (χ4v) is 7.36. The summed E-state index contributed by atoms with van der Waals surface area (Å²) >= 11 is 0. The van der Waals surface area contributed by atoms with E-state index in [0.717, 1.165) is 0 Å². The molecule has 5 amide bonds. The number of benzene rings is 3. The predicted octanol–water partition coefficient (Wildman–Crippen LogP) is 6.46. The van der Waals surface area contributed by atoms with Gasteiger partial charge in [0.2, 0.25) is 23.6 Å². The molecule has 5 atom stereocenters. The molecule has 1 aromatic heterocycles. The summed E-state index contributed by atoms with van der Waals surface area (Å²) in [5.41, 5.74) is 0.724. The minimum Gasteiger partial charge on any atom is -0.480 e. The Kier molecular flexibility index (Phi) is 18.7. The number of aliphatic carboxylic acids is 1. The number of aromatic nitrogens is 1. The highest BCUT2D eigenvalue weighted by Crippen LogP contribution is 2.25. The molecule has 0 fully saturated rings. The number of hydrogen-bond acceptors (Lipinski definition) is 9. The van der Waals surface area contributed by atoms with Gasteiger partial charge in [0.25, 0.3) is 0 Å². The third-order valence-corrected chi connectivity index (χ3v) is 10.3. The quantitative estimate of drug-likeness (QED) is 0.0568. The molecule has 0 aliphatic carbocycles. The lowest BCUT2D eigenvalue weighted by molar-refractivity contribution is -0.142. The summed E-state index contributed by atoms with van der Waals surface area (Å²) in [4.78, 5) is 96.0. The molecule has 6 N–H and O–H groups in total. The van der Waals surface area contributed by atoms with Crippen molar-refractivity contribution in [2.75, 3.05) is 0 Å². The molecule has 0 aliphatic rings. The maximum absolute atomic E-state index is 14.5. The van der Waals surface area contributed by atoms with Crippen molar-refractivity contribution in [1.29, 1.82) is 0 Å². The zero-order valence-corrected chi connectivity index (χ0v) is 40.3. The van der Waals surface area contributed by atoms with Crippen molar-refractivity contribution in [2.45, 2.75) is 143 Å². The van der Waals surface area contributed by atoms with E-state index in [1.807, 2.05) is 27.7 Å². The van der Waals surface area contributed by atoms with Crippen molar-refractivity contribution in [2.24, 2.45) is 11.8 Å². The molecule has 16 heteroatoms. The number of carboxylic acids is 1. The molecule has 0 bridgehead atoms. The van der Waals surface area contributed by atoms with Gasteiger partial charge in [0.05, 0.1) is 5.52 Å². The molecule has 4 aromatic rings. The highest BCUT2D eigenvalue weighted by Gasteiger charge is 2.34. The first kappa shape index (κ1) is 52.9. The lowest BCUT2D eigenvalue weighted by Gasteiger charge is -2.28. The van der Waals surface area contributed by atoms with Crippen LogP contribution in [0.25, 0.3) is 10.9 Å². The number of ether oxygens (including phenoxy) is 2. The minimum absolute atomic E-state index is 0.00701. The highest BCUT2D eigenvalue weighted by molar-refractivity contribution is 5.97. The molecule has 1 heterocycles. The highest BCUT2D eigenvalue weighted by atomic mass is 16.6. The van der Waals surface area contributed by atoms with Gasteiger partial charge in [0, 0.05) is 30.8 Å². The number of carbonyl (C=O) groups excluding carboxylic acids is 6. The van der Waals surface area contributed by atoms with Gasteiger partial charge in [-0.2, -0.15) is 0 Å². The Bertz CT molecular complexity index is 2330. The van der Waals surface area contributed by atoms with Crippen molar-refractivity contribution in [3.05, 3.63) is 108 Å². The van der Waals surface area contributed by atoms with Gasteiger partial charge in [-0.1, -0.05) is 107 Å². The Balaban J connectivity index is 1.64. The molecule has 0 unspecified atom stereocenters. The monoisotopic (exact) mass is 924 g/mol. The summed E-state index contributed by atoms with van der Waals surface area (Å²) in [7, 11) is 0. The first-order chi connectivity index (χ1) is 31.4. The normalized spacial score (nSPS) is 14.0. The number of hydrogen-bond donors (Lipinski definition) is 6. The van der Waals surface area contributed by atoms with Crippen LogP contribution >= 0.6 is 0 Å². The summed E-state index contributed by atoms with van der Waals surface area (Å²) in [6, 6.07) is 18.6. The number of carboxylic acid groups (broad SMARTS) is 1. The number of carbonyl (C=O) groups is 7. The number of nitrogens with one attached hydrogen (secondary N) is 5. The average Bonchev–Trinajstić information content (AvgIpc) is 3.59. The van der Waals surface area contributed by atoms with Crippen LogP contribution in [0.3, 0.4) is 0 Å². The number of nitrogens with zero attached hydrogens (tertiary/aromatic N) is 1. The number of rotatable bonds is 20. The second kappa shape index (κ2) is 23.7. The molecule has 0 saturated heterocycles. The molecule has 0 radical (unpaired) electrons. The van der Waals surface area contributed by atoms with Crippen LogP contribution in [0.4, 0.5) is 9.59 Å². The predicted molar refractivity (Wildman–Crippen MR) is 255 cm³/mol. The zero-order valence-electron chi connectivity index (χ0n) is 40.3. The second-order valence-corrected chi connectivity index (χ2v) is 19.6. The van der Waals surface area contributed by atoms with E-state index in [-0.39, 0.29) is 43.9 Å². The van der Waals surface area contributed by atoms with Crippen molar-refractivity contribution < 1.29 is 48.1 Å². The van der Waals surface area contributed by atoms with Gasteiger partial charge >= 0.3 is 18.2 Å². The van der Waals surface area contributed by atoms with Gasteiger partial charge < -0.3 is 41.2 Å². The zero-order chi connectivity index (χ0) is 49.6. The van der Waals surface area contributed by atoms with E-state index >= 15 is 0 Å². The molecule has 0 saturated carbocycles. The van der Waals surface area contributed by atoms with Crippen molar-refractivity contribution in [3.63, 3.8) is 0 Å². The molecule has 3 aromatic carbocycles. The third-order valence-electron chi connectivity index (χ3n) is 10.3. The fraction of sp³-hybridized carbons (Fsp3) is 0.471. The van der Waals surface area contributed by atoms with Crippen LogP contribution in [0, 0.1) is 11.8 Å². The first-order valence-electron chi connectivity index (χ1n) is 22.7. The smallest absolute Gasteiger partial charge is 0.419 e. The SMILES string of the molecule is CC(C)C[C@@H](NC(=O)[C@H](Cc1ccccc1)NC(=O)[C@@H](CC(C)C)NC(=O)[C@H](Cc1cn(C(=O)OC(C)(C)C)c2ccccc12)NC(=O)OC(C)(C)C)C(=O)N[C@@H](Cc1ccccc1)C(=O)O. The van der Waals surface area contributed by atoms with Gasteiger partial charge in [0.1, 0.15) is 41.4 Å². The summed E-state index contributed by atoms with van der Waals surface area (Å²) in [5.74, 6) is -4.31. The Morgan fingerprint density at radius 2 is 0.925 bits per heavy atom. The van der Waals surface area contributed by atoms with Crippen LogP contribution in [0.1, 0.15) is 98.8 Å². The maximum Gasteiger partial charge on any atom is 0.419 e. The average molecular weight is 925 g/mol. The molecule has 4 rings (SSSR count). The molecule has 16 nitrogen and oxygen atoms in total. The number of amides is 5. The second-order valence-electron chi connectivity index (χ2n) is 19.6. The van der Waals surface area contributed by atoms with Crippen molar-refractivity contribution in [3.8, 4) is 0 Å². The number of alkyl carbamates (subject to hydrolysis) is 1. The number of para-hydroxylation sites is 1. The van der Waals surface area contributed by atoms with Crippen molar-refractivity contribution >= 4 is 52.7 Å². The third kappa shape index (κ3) is 17.2. The topological polar surface area (TPSA) is 223 Å². The first-order valence-corrected chi connectivity index (χ1v) is 22.7. The summed E-state index contributed by atoms with van der Waals surface area (Å²) in [5, 5.41) is 24.3. The molecule has 67 heavy (non-hydrogen) atoms. The summed E-state index contributed by atoms with van der Waals surface area (Å²) in [6.45, 7) is 17.7. The molecule has 362 valence electrons. The fourth-order valence-electron chi connectivity index (χ4n) is 7.36. The van der Waals surface area contributed by atoms with Gasteiger partial charge in [-0.25, -0.2) is 14.4 Å². The molecular formula is C51H68N6O10. The lowest BCUT2D eigenvalue weighted by Crippen LogP contribution is -2.60. The maximum atomic E-state index is 14.5. The largest absolute Gasteiger partial charge is 0.480 e. The van der Waals surface area contributed by atoms with Crippen LogP contribution in [0.5, 0.6) is 0 Å². The molecule has 0 aliphatic heterocycles. The van der Waals surface area contributed by atoms with Crippen LogP contribution in [-0.2, 0) is 52.7 Å². The van der Waals surface area contributed by atoms with Crippen LogP contribution in [0.2, 0.25) is 0 Å². The van der Waals surface area contributed by atoms with E-state index in [0.29, 0.717) is 27.6 Å². The van der Waals surface area contributed by atoms with Crippen LogP contribution in [-0.4, -0.2) is 92.9 Å². The van der Waals surface area contributed by atoms with Gasteiger partial charge in [-0.3, -0.25) is 23.7 Å². The Labute approximate surface area is 393 Å².